The van der Waals surface area contributed by atoms with Crippen LogP contribution in [-0.2, 0) is 22.6 Å². The van der Waals surface area contributed by atoms with Gasteiger partial charge in [0.25, 0.3) is 0 Å². The Bertz CT molecular complexity index is 1080. The van der Waals surface area contributed by atoms with Crippen LogP contribution < -0.4 is 5.32 Å². The molecule has 2 heterocycles. The Morgan fingerprint density at radius 2 is 1.88 bits per heavy atom. The normalized spacial score (nSPS) is 16.3. The van der Waals surface area contributed by atoms with Gasteiger partial charge in [-0.2, -0.15) is 0 Å². The minimum atomic E-state index is -0.304. The molecule has 4 rings (SSSR count). The number of amides is 2. The van der Waals surface area contributed by atoms with Crippen LogP contribution >= 0.6 is 0 Å². The van der Waals surface area contributed by atoms with E-state index in [1.165, 1.54) is 17.0 Å². The van der Waals surface area contributed by atoms with Gasteiger partial charge in [-0.25, -0.2) is 4.39 Å². The van der Waals surface area contributed by atoms with Crippen LogP contribution in [0.25, 0.3) is 10.9 Å². The van der Waals surface area contributed by atoms with Gasteiger partial charge in [-0.05, 0) is 49.3 Å². The van der Waals surface area contributed by atoms with E-state index in [9.17, 15) is 14.0 Å². The molecule has 2 amide bonds. The number of para-hydroxylation sites is 1. The van der Waals surface area contributed by atoms with E-state index in [1.807, 2.05) is 29.3 Å². The summed E-state index contributed by atoms with van der Waals surface area (Å²) in [5, 5.41) is 3.98. The van der Waals surface area contributed by atoms with E-state index in [0.717, 1.165) is 37.7 Å². The van der Waals surface area contributed by atoms with Crippen molar-refractivity contribution in [2.75, 3.05) is 13.1 Å². The number of hydrogen-bond acceptors (Lipinski definition) is 2. The Morgan fingerprint density at radius 3 is 2.75 bits per heavy atom. The summed E-state index contributed by atoms with van der Waals surface area (Å²) in [6.45, 7) is 1.71. The first-order chi connectivity index (χ1) is 15.6. The summed E-state index contributed by atoms with van der Waals surface area (Å²) in [7, 11) is 0. The molecule has 1 saturated heterocycles. The Hall–Kier alpha value is -3.15. The minimum absolute atomic E-state index is 0.0731. The van der Waals surface area contributed by atoms with Crippen LogP contribution in [0, 0.1) is 11.7 Å². The van der Waals surface area contributed by atoms with Crippen molar-refractivity contribution in [2.45, 2.75) is 45.1 Å². The maximum atomic E-state index is 13.7. The number of carbonyl (C=O) groups excluding carboxylic acids is 2. The predicted molar refractivity (Wildman–Crippen MR) is 123 cm³/mol. The number of aromatic nitrogens is 1. The number of aryl methyl sites for hydroxylation is 1. The number of H-pyrrole nitrogens is 1. The predicted octanol–water partition coefficient (Wildman–Crippen LogP) is 4.57. The lowest BCUT2D eigenvalue weighted by molar-refractivity contribution is -0.133. The van der Waals surface area contributed by atoms with Crippen LogP contribution in [0.2, 0.25) is 0 Å². The number of nitrogens with zero attached hydrogens (tertiary/aromatic N) is 1. The van der Waals surface area contributed by atoms with Crippen molar-refractivity contribution in [3.05, 3.63) is 71.7 Å². The summed E-state index contributed by atoms with van der Waals surface area (Å²) in [4.78, 5) is 30.2. The van der Waals surface area contributed by atoms with Gasteiger partial charge in [0, 0.05) is 55.1 Å². The molecular formula is C26H30FN3O2. The Balaban J connectivity index is 1.21. The van der Waals surface area contributed by atoms with Crippen LogP contribution in [0.3, 0.4) is 0 Å². The zero-order valence-electron chi connectivity index (χ0n) is 18.3. The molecular weight excluding hydrogens is 405 g/mol. The highest BCUT2D eigenvalue weighted by atomic mass is 19.1. The highest BCUT2D eigenvalue weighted by Crippen LogP contribution is 2.23. The zero-order valence-corrected chi connectivity index (χ0v) is 18.3. The summed E-state index contributed by atoms with van der Waals surface area (Å²) in [5.41, 5.74) is 2.76. The van der Waals surface area contributed by atoms with E-state index in [1.54, 1.807) is 18.2 Å². The van der Waals surface area contributed by atoms with E-state index in [2.05, 4.69) is 16.4 Å². The largest absolute Gasteiger partial charge is 0.361 e. The molecule has 1 aliphatic heterocycles. The van der Waals surface area contributed by atoms with Gasteiger partial charge in [0.1, 0.15) is 5.82 Å². The first-order valence-corrected chi connectivity index (χ1v) is 11.4. The molecule has 2 aromatic carbocycles. The first kappa shape index (κ1) is 22.1. The third-order valence-electron chi connectivity index (χ3n) is 6.37. The topological polar surface area (TPSA) is 65.2 Å². The third-order valence-corrected chi connectivity index (χ3v) is 6.37. The van der Waals surface area contributed by atoms with Gasteiger partial charge in [0.2, 0.25) is 11.8 Å². The fourth-order valence-corrected chi connectivity index (χ4v) is 4.52. The number of likely N-dealkylation sites (tertiary alicyclic amines) is 1. The van der Waals surface area contributed by atoms with Crippen LogP contribution in [0.4, 0.5) is 4.39 Å². The van der Waals surface area contributed by atoms with E-state index < -0.39 is 0 Å². The fourth-order valence-electron chi connectivity index (χ4n) is 4.52. The van der Waals surface area contributed by atoms with E-state index in [4.69, 9.17) is 0 Å². The summed E-state index contributed by atoms with van der Waals surface area (Å²) < 4.78 is 13.7. The van der Waals surface area contributed by atoms with Crippen molar-refractivity contribution >= 4 is 22.7 Å². The monoisotopic (exact) mass is 435 g/mol. The highest BCUT2D eigenvalue weighted by molar-refractivity contribution is 5.84. The molecule has 0 unspecified atom stereocenters. The van der Waals surface area contributed by atoms with Gasteiger partial charge in [-0.15, -0.1) is 0 Å². The lowest BCUT2D eigenvalue weighted by Crippen LogP contribution is -2.40. The fraction of sp³-hybridized carbons (Fsp3) is 0.385. The van der Waals surface area contributed by atoms with Gasteiger partial charge >= 0.3 is 0 Å². The van der Waals surface area contributed by atoms with Gasteiger partial charge in [0.05, 0.1) is 0 Å². The number of aromatic amines is 1. The second-order valence-electron chi connectivity index (χ2n) is 8.61. The number of fused-ring (bicyclic) bond motifs is 1. The smallest absolute Gasteiger partial charge is 0.222 e. The Morgan fingerprint density at radius 1 is 1.06 bits per heavy atom. The van der Waals surface area contributed by atoms with Gasteiger partial charge in [0.15, 0.2) is 0 Å². The number of piperidine rings is 1. The van der Waals surface area contributed by atoms with E-state index in [0.29, 0.717) is 30.9 Å². The third kappa shape index (κ3) is 5.55. The van der Waals surface area contributed by atoms with Gasteiger partial charge in [-0.3, -0.25) is 9.59 Å². The molecule has 3 aromatic rings. The van der Waals surface area contributed by atoms with Crippen LogP contribution in [0.15, 0.2) is 54.7 Å². The average Bonchev–Trinajstić information content (AvgIpc) is 3.24. The molecule has 0 saturated carbocycles. The van der Waals surface area contributed by atoms with Crippen molar-refractivity contribution in [2.24, 2.45) is 5.92 Å². The summed E-state index contributed by atoms with van der Waals surface area (Å²) in [6, 6.07) is 14.6. The summed E-state index contributed by atoms with van der Waals surface area (Å²) in [6.07, 6.45) is 6.37. The molecule has 0 bridgehead atoms. The summed E-state index contributed by atoms with van der Waals surface area (Å²) >= 11 is 0. The second kappa shape index (κ2) is 10.4. The number of rotatable bonds is 8. The second-order valence-corrected chi connectivity index (χ2v) is 8.61. The molecule has 0 spiro atoms. The van der Waals surface area contributed by atoms with Crippen molar-refractivity contribution < 1.29 is 14.0 Å². The number of carbonyl (C=O) groups is 2. The molecule has 6 heteroatoms. The molecule has 1 aliphatic rings. The molecule has 1 atom stereocenters. The van der Waals surface area contributed by atoms with Crippen LogP contribution in [-0.4, -0.2) is 34.8 Å². The number of nitrogens with one attached hydrogen (secondary N) is 2. The molecule has 0 radical (unpaired) electrons. The molecule has 5 nitrogen and oxygen atoms in total. The standard InChI is InChI=1S/C26H30FN3O2/c27-23-9-3-1-7-21(23)17-29-25(31)13-11-19-6-5-15-30(18-19)26(32)14-12-20-16-28-24-10-4-2-8-22(20)24/h1-4,7-10,16,19,28H,5-6,11-15,17-18H2,(H,29,31)/t19-/m1/s1. The number of halogens is 1. The SMILES string of the molecule is O=C(CC[C@H]1CCCN(C(=O)CCc2c[nH]c3ccccc23)C1)NCc1ccccc1F. The number of hydrogen-bond donors (Lipinski definition) is 2. The van der Waals surface area contributed by atoms with Crippen molar-refractivity contribution in [3.8, 4) is 0 Å². The maximum absolute atomic E-state index is 13.7. The molecule has 0 aliphatic carbocycles. The molecule has 32 heavy (non-hydrogen) atoms. The average molecular weight is 436 g/mol. The Kier molecular flexibility index (Phi) is 7.20. The zero-order chi connectivity index (χ0) is 22.3. The lowest BCUT2D eigenvalue weighted by Gasteiger charge is -2.33. The lowest BCUT2D eigenvalue weighted by atomic mass is 9.93. The van der Waals surface area contributed by atoms with Crippen molar-refractivity contribution in [1.82, 2.24) is 15.2 Å². The summed E-state index contributed by atoms with van der Waals surface area (Å²) in [5.74, 6) is 0.141. The number of benzene rings is 2. The van der Waals surface area contributed by atoms with Gasteiger partial charge < -0.3 is 15.2 Å². The van der Waals surface area contributed by atoms with Gasteiger partial charge in [-0.1, -0.05) is 36.4 Å². The van der Waals surface area contributed by atoms with Crippen molar-refractivity contribution in [3.63, 3.8) is 0 Å². The van der Waals surface area contributed by atoms with Crippen molar-refractivity contribution in [1.29, 1.82) is 0 Å². The minimum Gasteiger partial charge on any atom is -0.361 e. The molecule has 1 aromatic heterocycles. The maximum Gasteiger partial charge on any atom is 0.222 e. The quantitative estimate of drug-likeness (QED) is 0.544. The van der Waals surface area contributed by atoms with E-state index >= 15 is 0 Å². The first-order valence-electron chi connectivity index (χ1n) is 11.4. The highest BCUT2D eigenvalue weighted by Gasteiger charge is 2.24. The Labute approximate surface area is 188 Å². The molecule has 168 valence electrons. The van der Waals surface area contributed by atoms with Crippen LogP contribution in [0.1, 0.15) is 43.2 Å². The molecule has 1 fully saturated rings. The molecule has 2 N–H and O–H groups in total. The van der Waals surface area contributed by atoms with Crippen LogP contribution in [0.5, 0.6) is 0 Å². The van der Waals surface area contributed by atoms with E-state index in [-0.39, 0.29) is 24.2 Å².